The molecule has 0 atom stereocenters. The van der Waals surface area contributed by atoms with E-state index in [2.05, 4.69) is 9.35 Å². The fourth-order valence-electron chi connectivity index (χ4n) is 2.75. The fraction of sp³-hybridized carbons (Fsp3) is 0.333. The molecule has 28 heavy (non-hydrogen) atoms. The number of anilines is 1. The minimum atomic E-state index is -4.48. The molecule has 0 radical (unpaired) electrons. The SMILES string of the molecule is COc1ccccc1C(=O)N=S1CCN(c2ncc(C(F)(F)F)cc2Cl)CC1. The Hall–Kier alpha value is -2.13. The van der Waals surface area contributed by atoms with E-state index in [1.165, 1.54) is 7.11 Å². The Balaban J connectivity index is 1.69. The first kappa shape index (κ1) is 20.6. The molecule has 1 aliphatic heterocycles. The number of para-hydroxylation sites is 1. The smallest absolute Gasteiger partial charge is 0.417 e. The highest BCUT2D eigenvalue weighted by Gasteiger charge is 2.32. The van der Waals surface area contributed by atoms with Crippen LogP contribution in [-0.2, 0) is 16.9 Å². The Morgan fingerprint density at radius 2 is 1.96 bits per heavy atom. The van der Waals surface area contributed by atoms with Gasteiger partial charge in [-0.1, -0.05) is 34.4 Å². The van der Waals surface area contributed by atoms with Crippen molar-refractivity contribution in [3.05, 3.63) is 52.7 Å². The summed E-state index contributed by atoms with van der Waals surface area (Å²) in [5.74, 6) is 1.65. The minimum Gasteiger partial charge on any atom is -0.496 e. The van der Waals surface area contributed by atoms with Gasteiger partial charge in [0.1, 0.15) is 11.6 Å². The molecule has 2 heterocycles. The molecular weight excluding hydrogens is 415 g/mol. The molecule has 5 nitrogen and oxygen atoms in total. The van der Waals surface area contributed by atoms with Gasteiger partial charge >= 0.3 is 6.18 Å². The molecule has 1 fully saturated rings. The Morgan fingerprint density at radius 3 is 2.57 bits per heavy atom. The number of pyridine rings is 1. The van der Waals surface area contributed by atoms with E-state index in [1.54, 1.807) is 24.3 Å². The molecule has 1 saturated heterocycles. The molecule has 1 aromatic carbocycles. The van der Waals surface area contributed by atoms with E-state index in [1.807, 2.05) is 4.90 Å². The third kappa shape index (κ3) is 4.64. The van der Waals surface area contributed by atoms with Gasteiger partial charge < -0.3 is 9.64 Å². The zero-order chi connectivity index (χ0) is 20.3. The zero-order valence-corrected chi connectivity index (χ0v) is 16.4. The van der Waals surface area contributed by atoms with Crippen molar-refractivity contribution in [2.24, 2.45) is 4.36 Å². The topological polar surface area (TPSA) is 54.8 Å². The predicted octanol–water partition coefficient (Wildman–Crippen LogP) is 4.22. The van der Waals surface area contributed by atoms with Crippen molar-refractivity contribution >= 4 is 34.0 Å². The van der Waals surface area contributed by atoms with Gasteiger partial charge in [0.25, 0.3) is 5.91 Å². The Bertz CT molecular complexity index is 911. The van der Waals surface area contributed by atoms with Gasteiger partial charge in [0.15, 0.2) is 0 Å². The standard InChI is InChI=1S/C18H17ClF3N3O2S/c1-27-15-5-3-2-4-13(15)17(26)24-28-8-6-25(7-9-28)16-14(19)10-12(11-23-16)18(20,21)22/h2-5,10-11H,6-9H2,1H3. The van der Waals surface area contributed by atoms with E-state index in [-0.39, 0.29) is 10.9 Å². The van der Waals surface area contributed by atoms with Gasteiger partial charge in [-0.3, -0.25) is 4.79 Å². The van der Waals surface area contributed by atoms with Crippen molar-refractivity contribution in [1.29, 1.82) is 0 Å². The third-order valence-corrected chi connectivity index (χ3v) is 6.20. The number of methoxy groups -OCH3 is 1. The molecule has 0 saturated carbocycles. The quantitative estimate of drug-likeness (QED) is 0.730. The molecular formula is C18H17ClF3N3O2S. The van der Waals surface area contributed by atoms with Crippen molar-refractivity contribution in [2.75, 3.05) is 36.6 Å². The monoisotopic (exact) mass is 431 g/mol. The van der Waals surface area contributed by atoms with Crippen LogP contribution in [-0.4, -0.2) is 42.6 Å². The average Bonchev–Trinajstić information content (AvgIpc) is 2.68. The summed E-state index contributed by atoms with van der Waals surface area (Å²) in [6.07, 6.45) is -3.70. The van der Waals surface area contributed by atoms with Gasteiger partial charge in [0.05, 0.1) is 23.3 Å². The summed E-state index contributed by atoms with van der Waals surface area (Å²) in [6.45, 7) is 1.01. The van der Waals surface area contributed by atoms with Crippen LogP contribution in [0.3, 0.4) is 0 Å². The molecule has 3 rings (SSSR count). The lowest BCUT2D eigenvalue weighted by molar-refractivity contribution is -0.137. The number of alkyl halides is 3. The van der Waals surface area contributed by atoms with Crippen LogP contribution in [0.1, 0.15) is 15.9 Å². The summed E-state index contributed by atoms with van der Waals surface area (Å²) in [6, 6.07) is 7.77. The first-order valence-electron chi connectivity index (χ1n) is 8.34. The maximum Gasteiger partial charge on any atom is 0.417 e. The third-order valence-electron chi connectivity index (χ3n) is 4.19. The van der Waals surface area contributed by atoms with E-state index < -0.39 is 22.4 Å². The molecule has 0 aliphatic carbocycles. The lowest BCUT2D eigenvalue weighted by Crippen LogP contribution is -2.38. The lowest BCUT2D eigenvalue weighted by Gasteiger charge is -2.30. The molecule has 0 spiro atoms. The van der Waals surface area contributed by atoms with Gasteiger partial charge in [0.2, 0.25) is 0 Å². The summed E-state index contributed by atoms with van der Waals surface area (Å²) < 4.78 is 47.7. The molecule has 1 amide bonds. The van der Waals surface area contributed by atoms with Crippen LogP contribution in [0.5, 0.6) is 5.75 Å². The van der Waals surface area contributed by atoms with Crippen LogP contribution in [0.15, 0.2) is 40.9 Å². The number of hydrogen-bond donors (Lipinski definition) is 0. The van der Waals surface area contributed by atoms with E-state index in [0.29, 0.717) is 41.7 Å². The lowest BCUT2D eigenvalue weighted by atomic mass is 10.2. The van der Waals surface area contributed by atoms with Gasteiger partial charge in [-0.2, -0.15) is 17.5 Å². The molecule has 0 unspecified atom stereocenters. The number of ether oxygens (including phenoxy) is 1. The fourth-order valence-corrected chi connectivity index (χ4v) is 4.62. The molecule has 150 valence electrons. The maximum absolute atomic E-state index is 12.7. The number of halogens is 4. The highest BCUT2D eigenvalue weighted by molar-refractivity contribution is 7.87. The predicted molar refractivity (Wildman–Crippen MR) is 103 cm³/mol. The number of aromatic nitrogens is 1. The van der Waals surface area contributed by atoms with Crippen molar-refractivity contribution < 1.29 is 22.7 Å². The number of nitrogens with zero attached hydrogens (tertiary/aromatic N) is 3. The van der Waals surface area contributed by atoms with Crippen LogP contribution < -0.4 is 9.64 Å². The number of amides is 1. The first-order chi connectivity index (χ1) is 13.3. The largest absolute Gasteiger partial charge is 0.496 e. The Labute approximate surface area is 167 Å². The summed E-state index contributed by atoms with van der Waals surface area (Å²) in [5, 5.41) is -0.0429. The number of rotatable bonds is 3. The second-order valence-corrected chi connectivity index (χ2v) is 8.31. The zero-order valence-electron chi connectivity index (χ0n) is 14.9. The van der Waals surface area contributed by atoms with Crippen LogP contribution in [0, 0.1) is 0 Å². The van der Waals surface area contributed by atoms with Crippen LogP contribution >= 0.6 is 11.6 Å². The van der Waals surface area contributed by atoms with Crippen molar-refractivity contribution in [1.82, 2.24) is 4.98 Å². The van der Waals surface area contributed by atoms with Crippen molar-refractivity contribution in [3.63, 3.8) is 0 Å². The molecule has 10 heteroatoms. The number of benzene rings is 1. The summed E-state index contributed by atoms with van der Waals surface area (Å²) in [7, 11) is 1.02. The molecule has 0 N–H and O–H groups in total. The van der Waals surface area contributed by atoms with Crippen LogP contribution in [0.2, 0.25) is 5.02 Å². The summed E-state index contributed by atoms with van der Waals surface area (Å²) >= 11 is 6.01. The van der Waals surface area contributed by atoms with Crippen molar-refractivity contribution in [2.45, 2.75) is 6.18 Å². The van der Waals surface area contributed by atoms with E-state index in [9.17, 15) is 18.0 Å². The summed E-state index contributed by atoms with van der Waals surface area (Å²) in [5.41, 5.74) is -0.470. The molecule has 1 aliphatic rings. The molecule has 2 aromatic rings. The van der Waals surface area contributed by atoms with Gasteiger partial charge in [0, 0.05) is 30.8 Å². The van der Waals surface area contributed by atoms with Crippen molar-refractivity contribution in [3.8, 4) is 5.75 Å². The van der Waals surface area contributed by atoms with Gasteiger partial charge in [-0.05, 0) is 18.2 Å². The first-order valence-corrected chi connectivity index (χ1v) is 10.2. The number of carbonyl (C=O) groups excluding carboxylic acids is 1. The van der Waals surface area contributed by atoms with E-state index in [4.69, 9.17) is 16.3 Å². The van der Waals surface area contributed by atoms with Crippen LogP contribution in [0.25, 0.3) is 0 Å². The molecule has 0 bridgehead atoms. The highest BCUT2D eigenvalue weighted by atomic mass is 35.5. The number of hydrogen-bond acceptors (Lipinski definition) is 4. The van der Waals surface area contributed by atoms with E-state index >= 15 is 0 Å². The second-order valence-electron chi connectivity index (χ2n) is 5.98. The second kappa shape index (κ2) is 8.48. The van der Waals surface area contributed by atoms with Crippen LogP contribution in [0.4, 0.5) is 19.0 Å². The van der Waals surface area contributed by atoms with Gasteiger partial charge in [-0.15, -0.1) is 0 Å². The van der Waals surface area contributed by atoms with E-state index in [0.717, 1.165) is 12.3 Å². The Morgan fingerprint density at radius 1 is 1.29 bits per heavy atom. The Kier molecular flexibility index (Phi) is 6.24. The summed E-state index contributed by atoms with van der Waals surface area (Å²) in [4.78, 5) is 18.1. The minimum absolute atomic E-state index is 0.0429. The highest BCUT2D eigenvalue weighted by Crippen LogP contribution is 2.33. The normalized spacial score (nSPS) is 15.4. The molecule has 1 aromatic heterocycles. The average molecular weight is 432 g/mol. The van der Waals surface area contributed by atoms with Gasteiger partial charge in [-0.25, -0.2) is 4.98 Å². The number of carbonyl (C=O) groups is 1. The maximum atomic E-state index is 12.7.